The van der Waals surface area contributed by atoms with Gasteiger partial charge in [-0.05, 0) is 30.4 Å². The van der Waals surface area contributed by atoms with Crippen molar-refractivity contribution < 1.29 is 4.39 Å². The molecule has 1 unspecified atom stereocenters. The molecule has 0 amide bonds. The van der Waals surface area contributed by atoms with E-state index >= 15 is 0 Å². The van der Waals surface area contributed by atoms with Crippen molar-refractivity contribution in [2.45, 2.75) is 38.6 Å². The molecule has 1 aromatic carbocycles. The molecule has 1 aliphatic carbocycles. The first kappa shape index (κ1) is 11.6. The maximum absolute atomic E-state index is 13.7. The summed E-state index contributed by atoms with van der Waals surface area (Å²) in [6.07, 6.45) is 2.56. The smallest absolute Gasteiger partial charge is 0.126 e. The topological polar surface area (TPSA) is 12.0 Å². The van der Waals surface area contributed by atoms with E-state index in [-0.39, 0.29) is 11.7 Å². The maximum atomic E-state index is 13.7. The summed E-state index contributed by atoms with van der Waals surface area (Å²) < 4.78 is 13.7. The Morgan fingerprint density at radius 1 is 1.31 bits per heavy atom. The van der Waals surface area contributed by atoms with Gasteiger partial charge >= 0.3 is 0 Å². The van der Waals surface area contributed by atoms with Crippen LogP contribution in [-0.4, -0.2) is 12.6 Å². The molecule has 1 atom stereocenters. The number of hydrogen-bond donors (Lipinski definition) is 1. The Morgan fingerprint density at radius 3 is 2.56 bits per heavy atom. The van der Waals surface area contributed by atoms with Gasteiger partial charge in [0.25, 0.3) is 0 Å². The molecule has 1 aliphatic rings. The molecule has 1 nitrogen and oxygen atoms in total. The molecule has 1 N–H and O–H groups in total. The van der Waals surface area contributed by atoms with E-state index < -0.39 is 0 Å². The zero-order chi connectivity index (χ0) is 11.5. The Bertz CT molecular complexity index is 344. The molecule has 0 radical (unpaired) electrons. The summed E-state index contributed by atoms with van der Waals surface area (Å²) in [6.45, 7) is 5.21. The third kappa shape index (κ3) is 2.82. The van der Waals surface area contributed by atoms with Gasteiger partial charge in [-0.15, -0.1) is 0 Å². The summed E-state index contributed by atoms with van der Waals surface area (Å²) in [5.41, 5.74) is 0.852. The summed E-state index contributed by atoms with van der Waals surface area (Å²) in [5, 5.41) is 3.50. The van der Waals surface area contributed by atoms with E-state index in [1.807, 2.05) is 12.1 Å². The van der Waals surface area contributed by atoms with Crippen molar-refractivity contribution in [3.05, 3.63) is 35.6 Å². The Morgan fingerprint density at radius 2 is 2.00 bits per heavy atom. The Kier molecular flexibility index (Phi) is 3.59. The predicted octanol–water partition coefficient (Wildman–Crippen LogP) is 3.32. The van der Waals surface area contributed by atoms with E-state index in [2.05, 4.69) is 19.2 Å². The molecule has 1 aromatic rings. The van der Waals surface area contributed by atoms with Crippen molar-refractivity contribution in [1.82, 2.24) is 5.32 Å². The molecule has 0 saturated heterocycles. The monoisotopic (exact) mass is 221 g/mol. The normalized spacial score (nSPS) is 17.8. The van der Waals surface area contributed by atoms with Gasteiger partial charge in [-0.3, -0.25) is 0 Å². The van der Waals surface area contributed by atoms with Crippen LogP contribution in [0.15, 0.2) is 24.3 Å². The number of benzene rings is 1. The summed E-state index contributed by atoms with van der Waals surface area (Å²) in [5.74, 6) is 0.670. The summed E-state index contributed by atoms with van der Waals surface area (Å²) in [4.78, 5) is 0. The molecule has 0 aliphatic heterocycles. The van der Waals surface area contributed by atoms with Gasteiger partial charge < -0.3 is 5.32 Å². The SMILES string of the molecule is CC(C)C(CNC1CC1)c1ccccc1F. The van der Waals surface area contributed by atoms with E-state index in [0.717, 1.165) is 12.1 Å². The first-order valence-corrected chi connectivity index (χ1v) is 6.16. The van der Waals surface area contributed by atoms with Crippen molar-refractivity contribution >= 4 is 0 Å². The second-order valence-corrected chi connectivity index (χ2v) is 5.05. The fraction of sp³-hybridized carbons (Fsp3) is 0.571. The lowest BCUT2D eigenvalue weighted by Gasteiger charge is -2.22. The average molecular weight is 221 g/mol. The average Bonchev–Trinajstić information content (AvgIpc) is 3.04. The molecule has 2 rings (SSSR count). The standard InChI is InChI=1S/C14H20FN/c1-10(2)13(9-16-11-7-8-11)12-5-3-4-6-14(12)15/h3-6,10-11,13,16H,7-9H2,1-2H3. The predicted molar refractivity (Wildman–Crippen MR) is 65.0 cm³/mol. The van der Waals surface area contributed by atoms with Crippen LogP contribution in [-0.2, 0) is 0 Å². The van der Waals surface area contributed by atoms with Crippen LogP contribution in [0.3, 0.4) is 0 Å². The Hall–Kier alpha value is -0.890. The third-order valence-corrected chi connectivity index (χ3v) is 3.31. The Labute approximate surface area is 97.1 Å². The number of rotatable bonds is 5. The molecule has 0 heterocycles. The molecule has 0 spiro atoms. The van der Waals surface area contributed by atoms with E-state index in [0.29, 0.717) is 12.0 Å². The van der Waals surface area contributed by atoms with Gasteiger partial charge in [0.2, 0.25) is 0 Å². The first-order chi connectivity index (χ1) is 7.68. The van der Waals surface area contributed by atoms with Gasteiger partial charge in [0.05, 0.1) is 0 Å². The van der Waals surface area contributed by atoms with Gasteiger partial charge in [0, 0.05) is 18.5 Å². The van der Waals surface area contributed by atoms with Crippen LogP contribution < -0.4 is 5.32 Å². The van der Waals surface area contributed by atoms with Crippen LogP contribution in [0.4, 0.5) is 4.39 Å². The number of nitrogens with one attached hydrogen (secondary N) is 1. The lowest BCUT2D eigenvalue weighted by molar-refractivity contribution is 0.442. The molecule has 88 valence electrons. The van der Waals surface area contributed by atoms with E-state index in [1.54, 1.807) is 12.1 Å². The first-order valence-electron chi connectivity index (χ1n) is 6.16. The molecule has 0 bridgehead atoms. The highest BCUT2D eigenvalue weighted by molar-refractivity contribution is 5.22. The molecular weight excluding hydrogens is 201 g/mol. The van der Waals surface area contributed by atoms with Gasteiger partial charge in [-0.1, -0.05) is 32.0 Å². The fourth-order valence-corrected chi connectivity index (χ4v) is 2.06. The highest BCUT2D eigenvalue weighted by Crippen LogP contribution is 2.27. The van der Waals surface area contributed by atoms with Crippen molar-refractivity contribution in [2.75, 3.05) is 6.54 Å². The van der Waals surface area contributed by atoms with E-state index in [9.17, 15) is 4.39 Å². The largest absolute Gasteiger partial charge is 0.313 e. The van der Waals surface area contributed by atoms with Crippen molar-refractivity contribution in [2.24, 2.45) is 5.92 Å². The highest BCUT2D eigenvalue weighted by Gasteiger charge is 2.24. The van der Waals surface area contributed by atoms with Crippen LogP contribution in [0.2, 0.25) is 0 Å². The van der Waals surface area contributed by atoms with Crippen LogP contribution in [0, 0.1) is 11.7 Å². The van der Waals surface area contributed by atoms with Crippen LogP contribution in [0.1, 0.15) is 38.2 Å². The number of hydrogen-bond acceptors (Lipinski definition) is 1. The fourth-order valence-electron chi connectivity index (χ4n) is 2.06. The minimum absolute atomic E-state index is 0.0706. The van der Waals surface area contributed by atoms with Crippen molar-refractivity contribution in [3.63, 3.8) is 0 Å². The molecular formula is C14H20FN. The highest BCUT2D eigenvalue weighted by atomic mass is 19.1. The van der Waals surface area contributed by atoms with E-state index in [4.69, 9.17) is 0 Å². The molecule has 0 aromatic heterocycles. The second kappa shape index (κ2) is 4.96. The lowest BCUT2D eigenvalue weighted by atomic mass is 9.88. The van der Waals surface area contributed by atoms with Crippen LogP contribution in [0.5, 0.6) is 0 Å². The zero-order valence-corrected chi connectivity index (χ0v) is 10.0. The maximum Gasteiger partial charge on any atom is 0.126 e. The summed E-state index contributed by atoms with van der Waals surface area (Å²) in [7, 11) is 0. The minimum Gasteiger partial charge on any atom is -0.313 e. The van der Waals surface area contributed by atoms with Crippen molar-refractivity contribution in [3.8, 4) is 0 Å². The molecule has 1 saturated carbocycles. The Balaban J connectivity index is 2.08. The van der Waals surface area contributed by atoms with Crippen molar-refractivity contribution in [1.29, 1.82) is 0 Å². The summed E-state index contributed by atoms with van der Waals surface area (Å²) >= 11 is 0. The number of halogens is 1. The third-order valence-electron chi connectivity index (χ3n) is 3.31. The van der Waals surface area contributed by atoms with Crippen LogP contribution in [0.25, 0.3) is 0 Å². The second-order valence-electron chi connectivity index (χ2n) is 5.05. The molecule has 2 heteroatoms. The molecule has 1 fully saturated rings. The summed E-state index contributed by atoms with van der Waals surface area (Å²) in [6, 6.07) is 7.83. The van der Waals surface area contributed by atoms with Gasteiger partial charge in [-0.25, -0.2) is 4.39 Å². The lowest BCUT2D eigenvalue weighted by Crippen LogP contribution is -2.27. The van der Waals surface area contributed by atoms with E-state index in [1.165, 1.54) is 12.8 Å². The molecule has 16 heavy (non-hydrogen) atoms. The zero-order valence-electron chi connectivity index (χ0n) is 10.0. The van der Waals surface area contributed by atoms with Gasteiger partial charge in [0.1, 0.15) is 5.82 Å². The van der Waals surface area contributed by atoms with Gasteiger partial charge in [0.15, 0.2) is 0 Å². The minimum atomic E-state index is -0.0706. The van der Waals surface area contributed by atoms with Crippen LogP contribution >= 0.6 is 0 Å². The van der Waals surface area contributed by atoms with Gasteiger partial charge in [-0.2, -0.15) is 0 Å². The quantitative estimate of drug-likeness (QED) is 0.804.